The second kappa shape index (κ2) is 5.41. The summed E-state index contributed by atoms with van der Waals surface area (Å²) in [5.74, 6) is 0.263. The molecule has 0 saturated carbocycles. The summed E-state index contributed by atoms with van der Waals surface area (Å²) in [6, 6.07) is 9.44. The van der Waals surface area contributed by atoms with E-state index in [9.17, 15) is 9.59 Å². The molecule has 1 aromatic carbocycles. The second-order valence-corrected chi connectivity index (χ2v) is 5.25. The normalized spacial score (nSPS) is 15.2. The molecule has 0 spiro atoms. The van der Waals surface area contributed by atoms with Gasteiger partial charge in [0.05, 0.1) is 11.6 Å². The SMILES string of the molecule is N#Cc1ccc2c(ccn2CC(=O)N2CCC(=O)CC2)c1. The summed E-state index contributed by atoms with van der Waals surface area (Å²) in [4.78, 5) is 25.2. The maximum atomic E-state index is 12.3. The molecule has 2 aromatic rings. The number of fused-ring (bicyclic) bond motifs is 1. The lowest BCUT2D eigenvalue weighted by Crippen LogP contribution is -2.40. The van der Waals surface area contributed by atoms with Crippen molar-refractivity contribution in [2.45, 2.75) is 19.4 Å². The maximum Gasteiger partial charge on any atom is 0.242 e. The van der Waals surface area contributed by atoms with E-state index >= 15 is 0 Å². The molecule has 21 heavy (non-hydrogen) atoms. The van der Waals surface area contributed by atoms with Gasteiger partial charge in [0.1, 0.15) is 12.3 Å². The summed E-state index contributed by atoms with van der Waals surface area (Å²) in [6.07, 6.45) is 2.78. The predicted octanol–water partition coefficient (Wildman–Crippen LogP) is 1.70. The summed E-state index contributed by atoms with van der Waals surface area (Å²) in [7, 11) is 0. The molecule has 0 unspecified atom stereocenters. The summed E-state index contributed by atoms with van der Waals surface area (Å²) >= 11 is 0. The minimum Gasteiger partial charge on any atom is -0.340 e. The molecule has 1 aliphatic rings. The minimum absolute atomic E-state index is 0.0318. The molecule has 3 rings (SSSR count). The molecule has 1 fully saturated rings. The van der Waals surface area contributed by atoms with Crippen LogP contribution in [0.25, 0.3) is 10.9 Å². The van der Waals surface area contributed by atoms with E-state index in [1.807, 2.05) is 29.0 Å². The highest BCUT2D eigenvalue weighted by atomic mass is 16.2. The smallest absolute Gasteiger partial charge is 0.242 e. The highest BCUT2D eigenvalue weighted by molar-refractivity contribution is 5.86. The maximum absolute atomic E-state index is 12.3. The Labute approximate surface area is 122 Å². The number of amides is 1. The minimum atomic E-state index is 0.0318. The van der Waals surface area contributed by atoms with Gasteiger partial charge in [-0.15, -0.1) is 0 Å². The Morgan fingerprint density at radius 2 is 2.00 bits per heavy atom. The number of hydrogen-bond acceptors (Lipinski definition) is 3. The van der Waals surface area contributed by atoms with Gasteiger partial charge in [-0.25, -0.2) is 0 Å². The van der Waals surface area contributed by atoms with E-state index in [1.165, 1.54) is 0 Å². The summed E-state index contributed by atoms with van der Waals surface area (Å²) in [5.41, 5.74) is 1.55. The fourth-order valence-electron chi connectivity index (χ4n) is 2.66. The summed E-state index contributed by atoms with van der Waals surface area (Å²) in [6.45, 7) is 1.31. The molecule has 0 atom stereocenters. The number of hydrogen-bond donors (Lipinski definition) is 0. The van der Waals surface area contributed by atoms with Crippen molar-refractivity contribution in [2.24, 2.45) is 0 Å². The van der Waals surface area contributed by atoms with Crippen molar-refractivity contribution in [1.82, 2.24) is 9.47 Å². The lowest BCUT2D eigenvalue weighted by molar-refractivity contribution is -0.135. The van der Waals surface area contributed by atoms with Crippen molar-refractivity contribution < 1.29 is 9.59 Å². The molecule has 2 heterocycles. The zero-order valence-corrected chi connectivity index (χ0v) is 11.6. The van der Waals surface area contributed by atoms with Gasteiger partial charge in [0.15, 0.2) is 0 Å². The number of piperidine rings is 1. The highest BCUT2D eigenvalue weighted by Crippen LogP contribution is 2.18. The van der Waals surface area contributed by atoms with Crippen LogP contribution in [0.5, 0.6) is 0 Å². The van der Waals surface area contributed by atoms with Gasteiger partial charge >= 0.3 is 0 Å². The third-order valence-corrected chi connectivity index (χ3v) is 3.88. The fourth-order valence-corrected chi connectivity index (χ4v) is 2.66. The molecule has 0 bridgehead atoms. The number of benzene rings is 1. The first kappa shape index (κ1) is 13.4. The van der Waals surface area contributed by atoms with Gasteiger partial charge in [0.25, 0.3) is 0 Å². The number of likely N-dealkylation sites (tertiary alicyclic amines) is 1. The standard InChI is InChI=1S/C16H15N3O2/c17-10-12-1-2-15-13(9-12)3-6-19(15)11-16(21)18-7-4-14(20)5-8-18/h1-3,6,9H,4-5,7-8,11H2. The third kappa shape index (κ3) is 2.65. The monoisotopic (exact) mass is 281 g/mol. The number of Topliss-reactive ketones (excluding diaryl/α,β-unsaturated/α-hetero) is 1. The molecular weight excluding hydrogens is 266 g/mol. The molecule has 1 saturated heterocycles. The van der Waals surface area contributed by atoms with Crippen LogP contribution in [0, 0.1) is 11.3 Å². The molecule has 5 nitrogen and oxygen atoms in total. The summed E-state index contributed by atoms with van der Waals surface area (Å²) in [5, 5.41) is 9.85. The molecule has 0 aliphatic carbocycles. The van der Waals surface area contributed by atoms with Crippen molar-refractivity contribution >= 4 is 22.6 Å². The van der Waals surface area contributed by atoms with E-state index in [0.717, 1.165) is 10.9 Å². The number of carbonyl (C=O) groups excluding carboxylic acids is 2. The van der Waals surface area contributed by atoms with Gasteiger partial charge in [0, 0.05) is 43.0 Å². The Morgan fingerprint density at radius 1 is 1.24 bits per heavy atom. The Balaban J connectivity index is 1.77. The van der Waals surface area contributed by atoms with Gasteiger partial charge in [-0.1, -0.05) is 0 Å². The number of carbonyl (C=O) groups is 2. The van der Waals surface area contributed by atoms with Crippen LogP contribution >= 0.6 is 0 Å². The van der Waals surface area contributed by atoms with Crippen LogP contribution in [0.1, 0.15) is 18.4 Å². The first-order chi connectivity index (χ1) is 10.2. The van der Waals surface area contributed by atoms with Crippen molar-refractivity contribution in [1.29, 1.82) is 5.26 Å². The van der Waals surface area contributed by atoms with E-state index < -0.39 is 0 Å². The van der Waals surface area contributed by atoms with E-state index in [1.54, 1.807) is 11.0 Å². The Hall–Kier alpha value is -2.61. The average molecular weight is 281 g/mol. The molecule has 1 aromatic heterocycles. The highest BCUT2D eigenvalue weighted by Gasteiger charge is 2.21. The molecule has 5 heteroatoms. The van der Waals surface area contributed by atoms with Crippen molar-refractivity contribution in [2.75, 3.05) is 13.1 Å². The Bertz CT molecular complexity index is 744. The molecule has 1 aliphatic heterocycles. The van der Waals surface area contributed by atoms with Gasteiger partial charge in [-0.2, -0.15) is 5.26 Å². The lowest BCUT2D eigenvalue weighted by Gasteiger charge is -2.26. The van der Waals surface area contributed by atoms with Crippen molar-refractivity contribution in [3.05, 3.63) is 36.0 Å². The van der Waals surface area contributed by atoms with Crippen molar-refractivity contribution in [3.63, 3.8) is 0 Å². The van der Waals surface area contributed by atoms with Crippen LogP contribution < -0.4 is 0 Å². The van der Waals surface area contributed by atoms with Gasteiger partial charge in [0.2, 0.25) is 5.91 Å². The largest absolute Gasteiger partial charge is 0.340 e. The Kier molecular flexibility index (Phi) is 3.44. The fraction of sp³-hybridized carbons (Fsp3) is 0.312. The zero-order chi connectivity index (χ0) is 14.8. The molecule has 0 N–H and O–H groups in total. The van der Waals surface area contributed by atoms with Gasteiger partial charge in [-0.3, -0.25) is 9.59 Å². The van der Waals surface area contributed by atoms with Gasteiger partial charge in [-0.05, 0) is 24.3 Å². The van der Waals surface area contributed by atoms with Crippen LogP contribution in [0.3, 0.4) is 0 Å². The average Bonchev–Trinajstić information content (AvgIpc) is 2.90. The van der Waals surface area contributed by atoms with Crippen LogP contribution in [-0.2, 0) is 16.1 Å². The number of rotatable bonds is 2. The number of nitrogens with zero attached hydrogens (tertiary/aromatic N) is 3. The second-order valence-electron chi connectivity index (χ2n) is 5.25. The molecule has 1 amide bonds. The number of ketones is 1. The summed E-state index contributed by atoms with van der Waals surface area (Å²) < 4.78 is 1.88. The van der Waals surface area contributed by atoms with Gasteiger partial charge < -0.3 is 9.47 Å². The Morgan fingerprint density at radius 3 is 2.71 bits per heavy atom. The van der Waals surface area contributed by atoms with Crippen LogP contribution in [0.2, 0.25) is 0 Å². The van der Waals surface area contributed by atoms with Crippen LogP contribution in [0.4, 0.5) is 0 Å². The lowest BCUT2D eigenvalue weighted by atomic mass is 10.1. The predicted molar refractivity (Wildman–Crippen MR) is 77.5 cm³/mol. The van der Waals surface area contributed by atoms with E-state index in [4.69, 9.17) is 5.26 Å². The quantitative estimate of drug-likeness (QED) is 0.841. The van der Waals surface area contributed by atoms with Crippen LogP contribution in [-0.4, -0.2) is 34.2 Å². The number of nitriles is 1. The number of aromatic nitrogens is 1. The molecular formula is C16H15N3O2. The van der Waals surface area contributed by atoms with E-state index in [2.05, 4.69) is 6.07 Å². The zero-order valence-electron chi connectivity index (χ0n) is 11.6. The molecule has 106 valence electrons. The third-order valence-electron chi connectivity index (χ3n) is 3.88. The topological polar surface area (TPSA) is 66.1 Å². The van der Waals surface area contributed by atoms with Crippen LogP contribution in [0.15, 0.2) is 30.5 Å². The first-order valence-electron chi connectivity index (χ1n) is 6.96. The van der Waals surface area contributed by atoms with Crippen molar-refractivity contribution in [3.8, 4) is 6.07 Å². The first-order valence-corrected chi connectivity index (χ1v) is 6.96. The van der Waals surface area contributed by atoms with E-state index in [-0.39, 0.29) is 18.2 Å². The van der Waals surface area contributed by atoms with E-state index in [0.29, 0.717) is 31.5 Å². The molecule has 0 radical (unpaired) electrons.